The van der Waals surface area contributed by atoms with Crippen LogP contribution in [0.4, 0.5) is 0 Å². The lowest BCUT2D eigenvalue weighted by molar-refractivity contribution is 0.221. The van der Waals surface area contributed by atoms with Crippen molar-refractivity contribution in [1.29, 1.82) is 0 Å². The van der Waals surface area contributed by atoms with E-state index in [0.717, 1.165) is 24.3 Å². The summed E-state index contributed by atoms with van der Waals surface area (Å²) in [5.74, 6) is 2.62. The maximum absolute atomic E-state index is 6.00. The number of hydrogen-bond acceptors (Lipinski definition) is 2. The summed E-state index contributed by atoms with van der Waals surface area (Å²) in [4.78, 5) is 0. The van der Waals surface area contributed by atoms with Gasteiger partial charge in [-0.2, -0.15) is 0 Å². The van der Waals surface area contributed by atoms with Crippen LogP contribution in [0.2, 0.25) is 0 Å². The smallest absolute Gasteiger partial charge is 0.161 e. The predicted octanol–water partition coefficient (Wildman–Crippen LogP) is 4.34. The molecule has 0 bridgehead atoms. The molecule has 0 radical (unpaired) electrons. The number of benzene rings is 1. The number of halogens is 2. The van der Waals surface area contributed by atoms with Gasteiger partial charge in [0.25, 0.3) is 0 Å². The minimum atomic E-state index is -0.0366. The molecule has 0 heterocycles. The molecule has 18 heavy (non-hydrogen) atoms. The standard InChI is InChI=1S/C14H20Cl2O2/c1-3-14(10-15,11-16)8-9-18-13-7-5-4-6-12(13)17-2/h4-7H,3,8-11H2,1-2H3. The largest absolute Gasteiger partial charge is 0.493 e. The van der Waals surface area contributed by atoms with E-state index in [4.69, 9.17) is 32.7 Å². The lowest BCUT2D eigenvalue weighted by Gasteiger charge is -2.27. The third kappa shape index (κ3) is 3.96. The van der Waals surface area contributed by atoms with Crippen LogP contribution in [0.25, 0.3) is 0 Å². The Morgan fingerprint density at radius 1 is 1.11 bits per heavy atom. The Morgan fingerprint density at radius 3 is 2.22 bits per heavy atom. The van der Waals surface area contributed by atoms with Crippen molar-refractivity contribution in [3.8, 4) is 11.5 Å². The molecule has 0 atom stereocenters. The van der Waals surface area contributed by atoms with Gasteiger partial charge in [-0.25, -0.2) is 0 Å². The summed E-state index contributed by atoms with van der Waals surface area (Å²) < 4.78 is 11.0. The van der Waals surface area contributed by atoms with Crippen LogP contribution in [0.15, 0.2) is 24.3 Å². The SMILES string of the molecule is CCC(CCl)(CCl)CCOc1ccccc1OC. The monoisotopic (exact) mass is 290 g/mol. The van der Waals surface area contributed by atoms with Crippen LogP contribution in [0, 0.1) is 5.41 Å². The summed E-state index contributed by atoms with van der Waals surface area (Å²) in [6.07, 6.45) is 1.80. The lowest BCUT2D eigenvalue weighted by atomic mass is 9.86. The van der Waals surface area contributed by atoms with E-state index < -0.39 is 0 Å². The van der Waals surface area contributed by atoms with Crippen LogP contribution < -0.4 is 9.47 Å². The fourth-order valence-corrected chi connectivity index (χ4v) is 2.58. The minimum absolute atomic E-state index is 0.0366. The average molecular weight is 291 g/mol. The van der Waals surface area contributed by atoms with Crippen molar-refractivity contribution in [3.63, 3.8) is 0 Å². The lowest BCUT2D eigenvalue weighted by Crippen LogP contribution is -2.26. The highest BCUT2D eigenvalue weighted by Crippen LogP contribution is 2.31. The van der Waals surface area contributed by atoms with Crippen molar-refractivity contribution in [2.75, 3.05) is 25.5 Å². The van der Waals surface area contributed by atoms with Gasteiger partial charge in [0, 0.05) is 17.2 Å². The van der Waals surface area contributed by atoms with Gasteiger partial charge in [0.2, 0.25) is 0 Å². The van der Waals surface area contributed by atoms with Gasteiger partial charge < -0.3 is 9.47 Å². The third-order valence-electron chi connectivity index (χ3n) is 3.28. The number of methoxy groups -OCH3 is 1. The summed E-state index contributed by atoms with van der Waals surface area (Å²) in [6.45, 7) is 2.70. The predicted molar refractivity (Wildman–Crippen MR) is 77.3 cm³/mol. The van der Waals surface area contributed by atoms with Crippen LogP contribution in [0.5, 0.6) is 11.5 Å². The molecule has 2 nitrogen and oxygen atoms in total. The van der Waals surface area contributed by atoms with Gasteiger partial charge in [0.05, 0.1) is 13.7 Å². The van der Waals surface area contributed by atoms with Gasteiger partial charge in [-0.1, -0.05) is 19.1 Å². The molecule has 1 aromatic rings. The zero-order chi connectivity index (χ0) is 13.4. The van der Waals surface area contributed by atoms with E-state index in [2.05, 4.69) is 6.92 Å². The Kier molecular flexibility index (Phi) is 6.66. The number of ether oxygens (including phenoxy) is 2. The molecule has 1 aromatic carbocycles. The molecule has 0 aromatic heterocycles. The molecule has 0 spiro atoms. The zero-order valence-corrected chi connectivity index (χ0v) is 12.4. The molecule has 4 heteroatoms. The molecule has 0 N–H and O–H groups in total. The van der Waals surface area contributed by atoms with E-state index >= 15 is 0 Å². The molecule has 0 aliphatic rings. The van der Waals surface area contributed by atoms with Gasteiger partial charge >= 0.3 is 0 Å². The molecular weight excluding hydrogens is 271 g/mol. The van der Waals surface area contributed by atoms with Gasteiger partial charge in [-0.15, -0.1) is 23.2 Å². The van der Waals surface area contributed by atoms with Crippen molar-refractivity contribution >= 4 is 23.2 Å². The molecule has 0 unspecified atom stereocenters. The Bertz CT molecular complexity index is 343. The molecule has 0 amide bonds. The first-order valence-corrected chi connectivity index (χ1v) is 7.16. The summed E-state index contributed by atoms with van der Waals surface area (Å²) >= 11 is 12.0. The number of alkyl halides is 2. The number of hydrogen-bond donors (Lipinski definition) is 0. The molecule has 0 saturated carbocycles. The van der Waals surface area contributed by atoms with E-state index in [0.29, 0.717) is 18.4 Å². The van der Waals surface area contributed by atoms with Gasteiger partial charge in [-0.05, 0) is 25.0 Å². The summed E-state index contributed by atoms with van der Waals surface area (Å²) in [5.41, 5.74) is -0.0366. The first-order chi connectivity index (χ1) is 8.71. The number of para-hydroxylation sites is 2. The van der Waals surface area contributed by atoms with Gasteiger partial charge in [0.1, 0.15) is 0 Å². The topological polar surface area (TPSA) is 18.5 Å². The molecule has 1 rings (SSSR count). The quantitative estimate of drug-likeness (QED) is 0.663. The molecule has 0 fully saturated rings. The maximum atomic E-state index is 6.00. The van der Waals surface area contributed by atoms with Crippen LogP contribution in [0.1, 0.15) is 19.8 Å². The Labute approximate surface area is 119 Å². The maximum Gasteiger partial charge on any atom is 0.161 e. The van der Waals surface area contributed by atoms with Crippen molar-refractivity contribution < 1.29 is 9.47 Å². The minimum Gasteiger partial charge on any atom is -0.493 e. The van der Waals surface area contributed by atoms with Gasteiger partial charge in [-0.3, -0.25) is 0 Å². The first kappa shape index (κ1) is 15.5. The molecule has 0 aliphatic heterocycles. The van der Waals surface area contributed by atoms with E-state index in [9.17, 15) is 0 Å². The van der Waals surface area contributed by atoms with E-state index in [1.165, 1.54) is 0 Å². The highest BCUT2D eigenvalue weighted by atomic mass is 35.5. The van der Waals surface area contributed by atoms with Crippen molar-refractivity contribution in [3.05, 3.63) is 24.3 Å². The normalized spacial score (nSPS) is 11.3. The summed E-state index contributed by atoms with van der Waals surface area (Å²) in [5, 5.41) is 0. The first-order valence-electron chi connectivity index (χ1n) is 6.09. The second-order valence-electron chi connectivity index (χ2n) is 4.37. The number of rotatable bonds is 8. The second kappa shape index (κ2) is 7.75. The van der Waals surface area contributed by atoms with Crippen molar-refractivity contribution in [2.45, 2.75) is 19.8 Å². The highest BCUT2D eigenvalue weighted by Gasteiger charge is 2.26. The van der Waals surface area contributed by atoms with E-state index in [-0.39, 0.29) is 5.41 Å². The van der Waals surface area contributed by atoms with E-state index in [1.807, 2.05) is 24.3 Å². The Hall–Kier alpha value is -0.600. The van der Waals surface area contributed by atoms with Gasteiger partial charge in [0.15, 0.2) is 11.5 Å². The van der Waals surface area contributed by atoms with E-state index in [1.54, 1.807) is 7.11 Å². The molecular formula is C14H20Cl2O2. The third-order valence-corrected chi connectivity index (χ3v) is 4.41. The zero-order valence-electron chi connectivity index (χ0n) is 10.9. The van der Waals surface area contributed by atoms with Crippen LogP contribution in [0.3, 0.4) is 0 Å². The van der Waals surface area contributed by atoms with Crippen LogP contribution >= 0.6 is 23.2 Å². The summed E-state index contributed by atoms with van der Waals surface area (Å²) in [7, 11) is 1.63. The Morgan fingerprint density at radius 2 is 1.72 bits per heavy atom. The fourth-order valence-electron chi connectivity index (χ4n) is 1.65. The second-order valence-corrected chi connectivity index (χ2v) is 4.90. The average Bonchev–Trinajstić information content (AvgIpc) is 2.44. The van der Waals surface area contributed by atoms with Crippen molar-refractivity contribution in [1.82, 2.24) is 0 Å². The Balaban J connectivity index is 2.55. The van der Waals surface area contributed by atoms with Crippen LogP contribution in [-0.4, -0.2) is 25.5 Å². The molecule has 0 aliphatic carbocycles. The summed E-state index contributed by atoms with van der Waals surface area (Å²) in [6, 6.07) is 7.62. The van der Waals surface area contributed by atoms with Crippen molar-refractivity contribution in [2.24, 2.45) is 5.41 Å². The molecule has 0 saturated heterocycles. The van der Waals surface area contributed by atoms with Crippen LogP contribution in [-0.2, 0) is 0 Å². The highest BCUT2D eigenvalue weighted by molar-refractivity contribution is 6.21. The fraction of sp³-hybridized carbons (Fsp3) is 0.571. The molecule has 102 valence electrons.